The van der Waals surface area contributed by atoms with Crippen LogP contribution in [0.4, 0.5) is 8.78 Å². The summed E-state index contributed by atoms with van der Waals surface area (Å²) in [6.45, 7) is -0.00946. The Balaban J connectivity index is 2.18. The molecule has 3 nitrogen and oxygen atoms in total. The van der Waals surface area contributed by atoms with Crippen molar-refractivity contribution in [2.24, 2.45) is 0 Å². The lowest BCUT2D eigenvalue weighted by atomic mass is 9.79. The van der Waals surface area contributed by atoms with Crippen molar-refractivity contribution >= 4 is 24.2 Å². The van der Waals surface area contributed by atoms with Crippen molar-refractivity contribution in [3.8, 4) is 5.75 Å². The molecular weight excluding hydrogens is 288 g/mol. The van der Waals surface area contributed by atoms with Gasteiger partial charge in [0.15, 0.2) is 0 Å². The number of rotatable bonds is 4. The van der Waals surface area contributed by atoms with Crippen molar-refractivity contribution in [3.05, 3.63) is 58.6 Å². The predicted molar refractivity (Wildman–Crippen MR) is 72.0 cm³/mol. The molecule has 0 aliphatic heterocycles. The second-order valence-electron chi connectivity index (χ2n) is 4.08. The largest absolute Gasteiger partial charge is 0.492 e. The van der Waals surface area contributed by atoms with E-state index in [2.05, 4.69) is 0 Å². The smallest absolute Gasteiger partial charge is 0.489 e. The fraction of sp³-hybridized carbons (Fsp3) is 0.0769. The van der Waals surface area contributed by atoms with E-state index in [9.17, 15) is 8.78 Å². The molecular formula is C13H10BClF2O3. The molecule has 0 amide bonds. The van der Waals surface area contributed by atoms with Gasteiger partial charge in [-0.25, -0.2) is 8.78 Å². The first kappa shape index (κ1) is 14.8. The van der Waals surface area contributed by atoms with Crippen molar-refractivity contribution in [3.63, 3.8) is 0 Å². The summed E-state index contributed by atoms with van der Waals surface area (Å²) in [7, 11) is -1.86. The van der Waals surface area contributed by atoms with E-state index < -0.39 is 18.8 Å². The van der Waals surface area contributed by atoms with E-state index in [0.29, 0.717) is 5.56 Å². The van der Waals surface area contributed by atoms with E-state index in [1.807, 2.05) is 0 Å². The van der Waals surface area contributed by atoms with E-state index in [1.165, 1.54) is 18.2 Å². The molecule has 2 aromatic carbocycles. The van der Waals surface area contributed by atoms with Gasteiger partial charge in [0.25, 0.3) is 0 Å². The van der Waals surface area contributed by atoms with Gasteiger partial charge in [-0.3, -0.25) is 0 Å². The third kappa shape index (κ3) is 3.48. The standard InChI is InChI=1S/C13H10BClF2O3/c15-12-6-10(17)2-1-8(12)7-20-13-4-3-9(16)5-11(13)14(18)19/h1-6,18-19H,7H2. The van der Waals surface area contributed by atoms with Crippen molar-refractivity contribution in [1.29, 1.82) is 0 Å². The van der Waals surface area contributed by atoms with Gasteiger partial charge in [-0.1, -0.05) is 17.7 Å². The fourth-order valence-electron chi connectivity index (χ4n) is 1.65. The lowest BCUT2D eigenvalue weighted by Gasteiger charge is -2.12. The average molecular weight is 298 g/mol. The Kier molecular flexibility index (Phi) is 4.59. The zero-order valence-corrected chi connectivity index (χ0v) is 10.9. The molecule has 20 heavy (non-hydrogen) atoms. The van der Waals surface area contributed by atoms with Crippen LogP contribution in [-0.2, 0) is 6.61 Å². The van der Waals surface area contributed by atoms with Crippen LogP contribution in [0, 0.1) is 11.6 Å². The van der Waals surface area contributed by atoms with Gasteiger partial charge in [0.05, 0.1) is 5.02 Å². The molecule has 0 saturated heterocycles. The SMILES string of the molecule is OB(O)c1cc(F)ccc1OCc1ccc(F)cc1Cl. The summed E-state index contributed by atoms with van der Waals surface area (Å²) >= 11 is 5.84. The van der Waals surface area contributed by atoms with Gasteiger partial charge in [-0.15, -0.1) is 0 Å². The van der Waals surface area contributed by atoms with Crippen LogP contribution in [-0.4, -0.2) is 17.2 Å². The van der Waals surface area contributed by atoms with E-state index in [4.69, 9.17) is 26.4 Å². The third-order valence-electron chi connectivity index (χ3n) is 2.65. The minimum absolute atomic E-state index is 0.00946. The van der Waals surface area contributed by atoms with Crippen molar-refractivity contribution in [1.82, 2.24) is 0 Å². The Morgan fingerprint density at radius 1 is 1.05 bits per heavy atom. The topological polar surface area (TPSA) is 49.7 Å². The van der Waals surface area contributed by atoms with Crippen LogP contribution < -0.4 is 10.2 Å². The van der Waals surface area contributed by atoms with Gasteiger partial charge in [-0.2, -0.15) is 0 Å². The molecule has 0 bridgehead atoms. The fourth-order valence-corrected chi connectivity index (χ4v) is 1.87. The van der Waals surface area contributed by atoms with Crippen molar-refractivity contribution in [2.45, 2.75) is 6.61 Å². The number of benzene rings is 2. The molecule has 2 rings (SSSR count). The highest BCUT2D eigenvalue weighted by molar-refractivity contribution is 6.59. The molecule has 7 heteroatoms. The second kappa shape index (κ2) is 6.22. The Morgan fingerprint density at radius 2 is 1.70 bits per heavy atom. The lowest BCUT2D eigenvalue weighted by Crippen LogP contribution is -2.31. The molecule has 0 aliphatic carbocycles. The van der Waals surface area contributed by atoms with Gasteiger partial charge in [0, 0.05) is 11.0 Å². The van der Waals surface area contributed by atoms with Crippen LogP contribution in [0.25, 0.3) is 0 Å². The van der Waals surface area contributed by atoms with Crippen molar-refractivity contribution in [2.75, 3.05) is 0 Å². The molecule has 0 heterocycles. The maximum absolute atomic E-state index is 13.0. The van der Waals surface area contributed by atoms with Gasteiger partial charge in [-0.05, 0) is 30.3 Å². The highest BCUT2D eigenvalue weighted by atomic mass is 35.5. The van der Waals surface area contributed by atoms with Crippen LogP contribution in [0.15, 0.2) is 36.4 Å². The van der Waals surface area contributed by atoms with E-state index >= 15 is 0 Å². The molecule has 0 radical (unpaired) electrons. The summed E-state index contributed by atoms with van der Waals surface area (Å²) in [4.78, 5) is 0. The summed E-state index contributed by atoms with van der Waals surface area (Å²) < 4.78 is 31.3. The summed E-state index contributed by atoms with van der Waals surface area (Å²) in [5.74, 6) is -0.964. The van der Waals surface area contributed by atoms with Crippen LogP contribution in [0.2, 0.25) is 5.02 Å². The zero-order chi connectivity index (χ0) is 14.7. The molecule has 0 atom stereocenters. The van der Waals surface area contributed by atoms with E-state index in [-0.39, 0.29) is 22.8 Å². The lowest BCUT2D eigenvalue weighted by molar-refractivity contribution is 0.306. The summed E-state index contributed by atoms with van der Waals surface area (Å²) in [5, 5.41) is 18.5. The van der Waals surface area contributed by atoms with Gasteiger partial charge in [0.2, 0.25) is 0 Å². The molecule has 2 N–H and O–H groups in total. The van der Waals surface area contributed by atoms with Crippen LogP contribution in [0.3, 0.4) is 0 Å². The minimum atomic E-state index is -1.86. The highest BCUT2D eigenvalue weighted by Crippen LogP contribution is 2.19. The highest BCUT2D eigenvalue weighted by Gasteiger charge is 2.18. The summed E-state index contributed by atoms with van der Waals surface area (Å²) in [6, 6.07) is 7.21. The first-order valence-electron chi connectivity index (χ1n) is 5.69. The quantitative estimate of drug-likeness (QED) is 0.847. The first-order valence-corrected chi connectivity index (χ1v) is 6.07. The average Bonchev–Trinajstić information content (AvgIpc) is 2.38. The third-order valence-corrected chi connectivity index (χ3v) is 3.00. The van der Waals surface area contributed by atoms with Gasteiger partial charge >= 0.3 is 7.12 Å². The minimum Gasteiger partial charge on any atom is -0.489 e. The predicted octanol–water partition coefficient (Wildman–Crippen LogP) is 1.88. The van der Waals surface area contributed by atoms with E-state index in [1.54, 1.807) is 0 Å². The number of halogens is 3. The number of hydrogen-bond acceptors (Lipinski definition) is 3. The first-order chi connectivity index (χ1) is 9.47. The molecule has 104 valence electrons. The molecule has 0 aromatic heterocycles. The monoisotopic (exact) mass is 298 g/mol. The summed E-state index contributed by atoms with van der Waals surface area (Å²) in [6.07, 6.45) is 0. The molecule has 2 aromatic rings. The van der Waals surface area contributed by atoms with Gasteiger partial charge in [0.1, 0.15) is 24.0 Å². The Hall–Kier alpha value is -1.63. The van der Waals surface area contributed by atoms with Gasteiger partial charge < -0.3 is 14.8 Å². The maximum atomic E-state index is 13.0. The second-order valence-corrected chi connectivity index (χ2v) is 4.49. The molecule has 0 unspecified atom stereocenters. The molecule has 0 saturated carbocycles. The van der Waals surface area contributed by atoms with E-state index in [0.717, 1.165) is 18.2 Å². The Bertz CT molecular complexity index is 623. The normalized spacial score (nSPS) is 10.4. The molecule has 0 aliphatic rings. The van der Waals surface area contributed by atoms with Crippen LogP contribution >= 0.6 is 11.6 Å². The van der Waals surface area contributed by atoms with Crippen LogP contribution in [0.5, 0.6) is 5.75 Å². The number of ether oxygens (including phenoxy) is 1. The Morgan fingerprint density at radius 3 is 2.35 bits per heavy atom. The number of hydrogen-bond donors (Lipinski definition) is 2. The molecule has 0 fully saturated rings. The maximum Gasteiger partial charge on any atom is 0.492 e. The van der Waals surface area contributed by atoms with Crippen LogP contribution in [0.1, 0.15) is 5.56 Å². The molecule has 0 spiro atoms. The summed E-state index contributed by atoms with van der Waals surface area (Å²) in [5.41, 5.74) is 0.430. The van der Waals surface area contributed by atoms with Crippen molar-refractivity contribution < 1.29 is 23.6 Å². The zero-order valence-electron chi connectivity index (χ0n) is 10.2. The Labute approximate surface area is 119 Å².